The van der Waals surface area contributed by atoms with Gasteiger partial charge in [-0.2, -0.15) is 0 Å². The summed E-state index contributed by atoms with van der Waals surface area (Å²) in [6.07, 6.45) is 0.760. The van der Waals surface area contributed by atoms with E-state index in [0.717, 1.165) is 23.9 Å². The highest BCUT2D eigenvalue weighted by molar-refractivity contribution is 5.96. The zero-order valence-corrected chi connectivity index (χ0v) is 17.2. The van der Waals surface area contributed by atoms with Gasteiger partial charge in [-0.1, -0.05) is 24.3 Å². The van der Waals surface area contributed by atoms with Gasteiger partial charge in [-0.3, -0.25) is 14.5 Å². The lowest BCUT2D eigenvalue weighted by Crippen LogP contribution is -2.33. The number of hydrogen-bond acceptors (Lipinski definition) is 6. The number of ether oxygens (including phenoxy) is 1. The predicted octanol–water partition coefficient (Wildman–Crippen LogP) is 2.16. The lowest BCUT2D eigenvalue weighted by Gasteiger charge is -2.19. The van der Waals surface area contributed by atoms with Crippen molar-refractivity contribution in [1.82, 2.24) is 19.6 Å². The highest BCUT2D eigenvalue weighted by atomic mass is 16.5. The van der Waals surface area contributed by atoms with Crippen molar-refractivity contribution >= 4 is 27.3 Å². The third kappa shape index (κ3) is 4.06. The second-order valence-electron chi connectivity index (χ2n) is 7.44. The highest BCUT2D eigenvalue weighted by Gasteiger charge is 2.15. The van der Waals surface area contributed by atoms with Crippen molar-refractivity contribution in [3.05, 3.63) is 70.6 Å². The van der Waals surface area contributed by atoms with Gasteiger partial charge in [-0.15, -0.1) is 0 Å². The van der Waals surface area contributed by atoms with Crippen LogP contribution in [0.5, 0.6) is 0 Å². The molecule has 0 saturated heterocycles. The lowest BCUT2D eigenvalue weighted by atomic mass is 10.1. The summed E-state index contributed by atoms with van der Waals surface area (Å²) in [6, 6.07) is 15.3. The van der Waals surface area contributed by atoms with Gasteiger partial charge in [0, 0.05) is 38.5 Å². The number of rotatable bonds is 8. The first-order chi connectivity index (χ1) is 14.6. The summed E-state index contributed by atoms with van der Waals surface area (Å²) in [5.41, 5.74) is 1.51. The maximum absolute atomic E-state index is 13.1. The summed E-state index contributed by atoms with van der Waals surface area (Å²) >= 11 is 0. The Hall–Kier alpha value is -2.84. The van der Waals surface area contributed by atoms with E-state index in [1.54, 1.807) is 25.4 Å². The standard InChI is InChI=1S/C23H26N4O3/c1-26(12-13-30-2)11-9-24-22(28)18-8-5-10-27-21(18)25-20-15-17-7-4-3-6-16(17)14-19(20)23(27)29/h3-8,10,14-15,22,24,28H,9,11-13H2,1-2H3. The summed E-state index contributed by atoms with van der Waals surface area (Å²) < 4.78 is 6.58. The minimum absolute atomic E-state index is 0.144. The van der Waals surface area contributed by atoms with Gasteiger partial charge in [0.2, 0.25) is 0 Å². The Balaban J connectivity index is 1.67. The van der Waals surface area contributed by atoms with E-state index in [2.05, 4.69) is 10.2 Å². The molecule has 2 aromatic carbocycles. The van der Waals surface area contributed by atoms with E-state index in [1.165, 1.54) is 4.40 Å². The average molecular weight is 406 g/mol. The molecule has 7 heteroatoms. The number of nitrogens with one attached hydrogen (secondary N) is 1. The Kier molecular flexibility index (Phi) is 6.06. The maximum atomic E-state index is 13.1. The second-order valence-corrected chi connectivity index (χ2v) is 7.44. The molecule has 156 valence electrons. The van der Waals surface area contributed by atoms with Crippen LogP contribution >= 0.6 is 0 Å². The van der Waals surface area contributed by atoms with Crippen LogP contribution in [0.2, 0.25) is 0 Å². The molecule has 0 amide bonds. The molecule has 0 spiro atoms. The first kappa shape index (κ1) is 20.4. The molecule has 1 unspecified atom stereocenters. The lowest BCUT2D eigenvalue weighted by molar-refractivity contribution is 0.128. The van der Waals surface area contributed by atoms with Crippen molar-refractivity contribution in [2.24, 2.45) is 0 Å². The Bertz CT molecular complexity index is 1240. The molecule has 4 aromatic rings. The Morgan fingerprint density at radius 2 is 1.93 bits per heavy atom. The monoisotopic (exact) mass is 406 g/mol. The van der Waals surface area contributed by atoms with Gasteiger partial charge >= 0.3 is 0 Å². The molecule has 0 fully saturated rings. The summed E-state index contributed by atoms with van der Waals surface area (Å²) in [4.78, 5) is 20.0. The molecule has 4 rings (SSSR count). The molecule has 0 bridgehead atoms. The molecule has 0 aliphatic carbocycles. The Labute approximate surface area is 174 Å². The van der Waals surface area contributed by atoms with Gasteiger partial charge in [0.1, 0.15) is 11.9 Å². The van der Waals surface area contributed by atoms with Crippen LogP contribution in [0.25, 0.3) is 27.3 Å². The van der Waals surface area contributed by atoms with Gasteiger partial charge in [-0.25, -0.2) is 4.98 Å². The van der Waals surface area contributed by atoms with Gasteiger partial charge in [-0.05, 0) is 42.1 Å². The highest BCUT2D eigenvalue weighted by Crippen LogP contribution is 2.22. The molecule has 0 aliphatic heterocycles. The smallest absolute Gasteiger partial charge is 0.265 e. The van der Waals surface area contributed by atoms with Crippen LogP contribution in [-0.4, -0.2) is 59.8 Å². The fourth-order valence-corrected chi connectivity index (χ4v) is 3.61. The number of hydrogen-bond donors (Lipinski definition) is 2. The summed E-state index contributed by atoms with van der Waals surface area (Å²) in [6.45, 7) is 2.83. The third-order valence-corrected chi connectivity index (χ3v) is 5.34. The van der Waals surface area contributed by atoms with E-state index in [9.17, 15) is 9.90 Å². The normalized spacial score (nSPS) is 12.9. The van der Waals surface area contributed by atoms with Crippen LogP contribution in [-0.2, 0) is 4.74 Å². The molecule has 1 atom stereocenters. The van der Waals surface area contributed by atoms with Crippen molar-refractivity contribution in [1.29, 1.82) is 0 Å². The molecule has 30 heavy (non-hydrogen) atoms. The van der Waals surface area contributed by atoms with Crippen LogP contribution in [0.15, 0.2) is 59.5 Å². The maximum Gasteiger partial charge on any atom is 0.265 e. The summed E-state index contributed by atoms with van der Waals surface area (Å²) in [5.74, 6) is 0. The van der Waals surface area contributed by atoms with E-state index in [1.807, 2.05) is 43.4 Å². The Morgan fingerprint density at radius 1 is 1.17 bits per heavy atom. The van der Waals surface area contributed by atoms with Gasteiger partial charge in [0.15, 0.2) is 0 Å². The number of fused-ring (bicyclic) bond motifs is 3. The van der Waals surface area contributed by atoms with E-state index < -0.39 is 6.23 Å². The van der Waals surface area contributed by atoms with Gasteiger partial charge in [0.25, 0.3) is 5.56 Å². The molecule has 2 aromatic heterocycles. The second kappa shape index (κ2) is 8.89. The zero-order valence-electron chi connectivity index (χ0n) is 17.2. The molecule has 2 heterocycles. The predicted molar refractivity (Wildman–Crippen MR) is 119 cm³/mol. The number of nitrogens with zero attached hydrogens (tertiary/aromatic N) is 3. The average Bonchev–Trinajstić information content (AvgIpc) is 2.76. The van der Waals surface area contributed by atoms with Crippen LogP contribution in [0.1, 0.15) is 11.8 Å². The van der Waals surface area contributed by atoms with Crippen molar-refractivity contribution in [3.63, 3.8) is 0 Å². The number of pyridine rings is 1. The number of likely N-dealkylation sites (N-methyl/N-ethyl adjacent to an activating group) is 1. The molecule has 7 nitrogen and oxygen atoms in total. The molecule has 0 aliphatic rings. The number of aliphatic hydroxyl groups excluding tert-OH is 1. The topological polar surface area (TPSA) is 79.1 Å². The number of aliphatic hydroxyl groups is 1. The van der Waals surface area contributed by atoms with Crippen LogP contribution < -0.4 is 10.9 Å². The van der Waals surface area contributed by atoms with Crippen LogP contribution in [0.3, 0.4) is 0 Å². The first-order valence-electron chi connectivity index (χ1n) is 10.0. The Morgan fingerprint density at radius 3 is 2.70 bits per heavy atom. The van der Waals surface area contributed by atoms with E-state index in [0.29, 0.717) is 35.3 Å². The summed E-state index contributed by atoms with van der Waals surface area (Å²) in [7, 11) is 3.68. The van der Waals surface area contributed by atoms with Crippen molar-refractivity contribution in [2.75, 3.05) is 40.4 Å². The largest absolute Gasteiger partial charge is 0.383 e. The SMILES string of the molecule is COCCN(C)CCNC(O)c1cccn2c(=O)c3cc4ccccc4cc3nc12. The van der Waals surface area contributed by atoms with Crippen molar-refractivity contribution in [2.45, 2.75) is 6.23 Å². The van der Waals surface area contributed by atoms with E-state index >= 15 is 0 Å². The fraction of sp³-hybridized carbons (Fsp3) is 0.304. The minimum atomic E-state index is -0.929. The summed E-state index contributed by atoms with van der Waals surface area (Å²) in [5, 5.41) is 16.4. The van der Waals surface area contributed by atoms with E-state index in [-0.39, 0.29) is 5.56 Å². The number of benzene rings is 2. The molecule has 0 radical (unpaired) electrons. The third-order valence-electron chi connectivity index (χ3n) is 5.34. The molecular weight excluding hydrogens is 380 g/mol. The van der Waals surface area contributed by atoms with Crippen LogP contribution in [0.4, 0.5) is 0 Å². The number of aromatic nitrogens is 2. The van der Waals surface area contributed by atoms with Gasteiger partial charge < -0.3 is 14.7 Å². The molecule has 2 N–H and O–H groups in total. The fourth-order valence-electron chi connectivity index (χ4n) is 3.61. The quantitative estimate of drug-likeness (QED) is 0.345. The minimum Gasteiger partial charge on any atom is -0.383 e. The van der Waals surface area contributed by atoms with Crippen molar-refractivity contribution in [3.8, 4) is 0 Å². The molecular formula is C23H26N4O3. The first-order valence-corrected chi connectivity index (χ1v) is 10.0. The zero-order chi connectivity index (χ0) is 21.1. The number of methoxy groups -OCH3 is 1. The van der Waals surface area contributed by atoms with Gasteiger partial charge in [0.05, 0.1) is 17.5 Å². The van der Waals surface area contributed by atoms with Crippen molar-refractivity contribution < 1.29 is 9.84 Å². The van der Waals surface area contributed by atoms with Crippen LogP contribution in [0, 0.1) is 0 Å². The van der Waals surface area contributed by atoms with E-state index in [4.69, 9.17) is 9.72 Å². The molecule has 0 saturated carbocycles.